The molecule has 1 heterocycles. The molecule has 3 aromatic rings. The molecule has 0 fully saturated rings. The second-order valence-electron chi connectivity index (χ2n) is 6.62. The molecule has 154 valence electrons. The van der Waals surface area contributed by atoms with Crippen molar-refractivity contribution in [3.63, 3.8) is 0 Å². The van der Waals surface area contributed by atoms with E-state index in [1.54, 1.807) is 50.2 Å². The minimum atomic E-state index is -0.580. The van der Waals surface area contributed by atoms with E-state index in [4.69, 9.17) is 4.74 Å². The Balaban J connectivity index is 1.93. The van der Waals surface area contributed by atoms with Crippen molar-refractivity contribution in [1.29, 1.82) is 0 Å². The normalized spacial score (nSPS) is 10.4. The first-order valence-corrected chi connectivity index (χ1v) is 10.3. The zero-order chi connectivity index (χ0) is 21.7. The van der Waals surface area contributed by atoms with Gasteiger partial charge in [-0.3, -0.25) is 9.59 Å². The molecule has 0 spiro atoms. The number of benzene rings is 2. The smallest absolute Gasteiger partial charge is 0.341 e. The van der Waals surface area contributed by atoms with E-state index in [0.717, 1.165) is 16.9 Å². The molecule has 3 rings (SSSR count). The monoisotopic (exact) mass is 422 g/mol. The zero-order valence-electron chi connectivity index (χ0n) is 16.9. The molecule has 0 saturated heterocycles. The van der Waals surface area contributed by atoms with E-state index < -0.39 is 5.97 Å². The minimum Gasteiger partial charge on any atom is -0.462 e. The molecular weight excluding hydrogens is 400 g/mol. The average molecular weight is 423 g/mol. The molecule has 30 heavy (non-hydrogen) atoms. The molecule has 0 saturated carbocycles. The van der Waals surface area contributed by atoms with Crippen LogP contribution in [0.3, 0.4) is 0 Å². The van der Waals surface area contributed by atoms with Gasteiger partial charge in [0.15, 0.2) is 0 Å². The van der Waals surface area contributed by atoms with E-state index in [-0.39, 0.29) is 29.0 Å². The first-order chi connectivity index (χ1) is 14.4. The lowest BCUT2D eigenvalue weighted by molar-refractivity contribution is 0.0527. The van der Waals surface area contributed by atoms with E-state index in [1.807, 2.05) is 25.1 Å². The molecule has 0 aliphatic heterocycles. The summed E-state index contributed by atoms with van der Waals surface area (Å²) in [5, 5.41) is 5.87. The summed E-state index contributed by atoms with van der Waals surface area (Å²) in [6, 6.07) is 16.1. The number of rotatable bonds is 6. The number of thiophene rings is 1. The van der Waals surface area contributed by atoms with Crippen LogP contribution >= 0.6 is 11.3 Å². The van der Waals surface area contributed by atoms with Crippen LogP contribution in [-0.4, -0.2) is 24.4 Å². The molecule has 0 bridgehead atoms. The van der Waals surface area contributed by atoms with Gasteiger partial charge >= 0.3 is 5.97 Å². The SMILES string of the molecule is CCOC(=O)c1c(NC(=O)c2ccccc2)sc(C(=O)Nc2ccc(C)cc2)c1C. The maximum absolute atomic E-state index is 12.9. The molecule has 0 aliphatic rings. The van der Waals surface area contributed by atoms with Crippen molar-refractivity contribution in [3.8, 4) is 0 Å². The minimum absolute atomic E-state index is 0.186. The van der Waals surface area contributed by atoms with Gasteiger partial charge in [0.1, 0.15) is 5.00 Å². The Labute approximate surface area is 178 Å². The summed E-state index contributed by atoms with van der Waals surface area (Å²) < 4.78 is 5.15. The fraction of sp³-hybridized carbons (Fsp3) is 0.174. The molecule has 2 N–H and O–H groups in total. The van der Waals surface area contributed by atoms with Crippen LogP contribution in [0.4, 0.5) is 10.7 Å². The van der Waals surface area contributed by atoms with Crippen molar-refractivity contribution in [1.82, 2.24) is 0 Å². The summed E-state index contributed by atoms with van der Waals surface area (Å²) in [5.74, 6) is -1.30. The van der Waals surface area contributed by atoms with E-state index in [0.29, 0.717) is 21.7 Å². The van der Waals surface area contributed by atoms with Gasteiger partial charge in [0.05, 0.1) is 17.0 Å². The first kappa shape index (κ1) is 21.3. The highest BCUT2D eigenvalue weighted by atomic mass is 32.1. The standard InChI is InChI=1S/C23H22N2O4S/c1-4-29-23(28)18-15(3)19(21(27)24-17-12-10-14(2)11-13-17)30-22(18)25-20(26)16-8-6-5-7-9-16/h5-13H,4H2,1-3H3,(H,24,27)(H,25,26). The van der Waals surface area contributed by atoms with Crippen molar-refractivity contribution in [2.24, 2.45) is 0 Å². The van der Waals surface area contributed by atoms with Crippen molar-refractivity contribution in [2.45, 2.75) is 20.8 Å². The number of amides is 2. The Morgan fingerprint density at radius 3 is 2.20 bits per heavy atom. The van der Waals surface area contributed by atoms with Crippen molar-refractivity contribution >= 4 is 39.8 Å². The van der Waals surface area contributed by atoms with E-state index >= 15 is 0 Å². The molecular formula is C23H22N2O4S. The summed E-state index contributed by atoms with van der Waals surface area (Å²) in [7, 11) is 0. The van der Waals surface area contributed by atoms with Gasteiger partial charge in [-0.2, -0.15) is 0 Å². The quantitative estimate of drug-likeness (QED) is 0.545. The maximum atomic E-state index is 12.9. The molecule has 0 atom stereocenters. The van der Waals surface area contributed by atoms with Crippen LogP contribution in [0.1, 0.15) is 48.4 Å². The van der Waals surface area contributed by atoms with Crippen LogP contribution in [0.25, 0.3) is 0 Å². The number of ether oxygens (including phenoxy) is 1. The number of aryl methyl sites for hydroxylation is 1. The van der Waals surface area contributed by atoms with Crippen LogP contribution in [0.5, 0.6) is 0 Å². The summed E-state index contributed by atoms with van der Waals surface area (Å²) in [5.41, 5.74) is 2.83. The number of anilines is 2. The average Bonchev–Trinajstić information content (AvgIpc) is 3.06. The molecule has 1 aromatic heterocycles. The molecule has 2 amide bonds. The Morgan fingerprint density at radius 2 is 1.57 bits per heavy atom. The van der Waals surface area contributed by atoms with Crippen LogP contribution in [-0.2, 0) is 4.74 Å². The second-order valence-corrected chi connectivity index (χ2v) is 7.64. The predicted molar refractivity (Wildman–Crippen MR) is 119 cm³/mol. The number of hydrogen-bond acceptors (Lipinski definition) is 5. The van der Waals surface area contributed by atoms with Crippen molar-refractivity contribution in [2.75, 3.05) is 17.2 Å². The Morgan fingerprint density at radius 1 is 0.900 bits per heavy atom. The molecule has 2 aromatic carbocycles. The summed E-state index contributed by atoms with van der Waals surface area (Å²) >= 11 is 1.05. The molecule has 7 heteroatoms. The van der Waals surface area contributed by atoms with Crippen LogP contribution in [0, 0.1) is 13.8 Å². The Kier molecular flexibility index (Phi) is 6.64. The number of carbonyl (C=O) groups excluding carboxylic acids is 3. The molecule has 0 aliphatic carbocycles. The van der Waals surface area contributed by atoms with E-state index in [1.165, 1.54) is 0 Å². The highest BCUT2D eigenvalue weighted by molar-refractivity contribution is 7.19. The second kappa shape index (κ2) is 9.37. The van der Waals surface area contributed by atoms with Gasteiger partial charge in [-0.1, -0.05) is 35.9 Å². The van der Waals surface area contributed by atoms with Gasteiger partial charge < -0.3 is 15.4 Å². The summed E-state index contributed by atoms with van der Waals surface area (Å²) in [4.78, 5) is 38.3. The summed E-state index contributed by atoms with van der Waals surface area (Å²) in [6.45, 7) is 5.52. The van der Waals surface area contributed by atoms with Crippen molar-refractivity contribution < 1.29 is 19.1 Å². The molecule has 6 nitrogen and oxygen atoms in total. The van der Waals surface area contributed by atoms with Crippen LogP contribution in [0.15, 0.2) is 54.6 Å². The molecule has 0 radical (unpaired) electrons. The lowest BCUT2D eigenvalue weighted by atomic mass is 10.1. The summed E-state index contributed by atoms with van der Waals surface area (Å²) in [6.07, 6.45) is 0. The van der Waals surface area contributed by atoms with Gasteiger partial charge in [-0.25, -0.2) is 4.79 Å². The largest absolute Gasteiger partial charge is 0.462 e. The van der Waals surface area contributed by atoms with E-state index in [9.17, 15) is 14.4 Å². The predicted octanol–water partition coefficient (Wildman–Crippen LogP) is 5.05. The van der Waals surface area contributed by atoms with Crippen LogP contribution in [0.2, 0.25) is 0 Å². The first-order valence-electron chi connectivity index (χ1n) is 9.45. The zero-order valence-corrected chi connectivity index (χ0v) is 17.8. The fourth-order valence-corrected chi connectivity index (χ4v) is 3.94. The van der Waals surface area contributed by atoms with Gasteiger partial charge in [-0.15, -0.1) is 11.3 Å². The lowest BCUT2D eigenvalue weighted by Gasteiger charge is -2.07. The third-order valence-electron chi connectivity index (χ3n) is 4.41. The third kappa shape index (κ3) is 4.75. The van der Waals surface area contributed by atoms with Gasteiger partial charge in [-0.05, 0) is 50.6 Å². The van der Waals surface area contributed by atoms with Crippen LogP contribution < -0.4 is 10.6 Å². The van der Waals surface area contributed by atoms with E-state index in [2.05, 4.69) is 10.6 Å². The van der Waals surface area contributed by atoms with Gasteiger partial charge in [0.2, 0.25) is 0 Å². The highest BCUT2D eigenvalue weighted by Crippen LogP contribution is 2.34. The highest BCUT2D eigenvalue weighted by Gasteiger charge is 2.27. The molecule has 0 unspecified atom stereocenters. The van der Waals surface area contributed by atoms with Gasteiger partial charge in [0.25, 0.3) is 11.8 Å². The Hall–Kier alpha value is -3.45. The number of hydrogen-bond donors (Lipinski definition) is 2. The topological polar surface area (TPSA) is 84.5 Å². The number of esters is 1. The fourth-order valence-electron chi connectivity index (χ4n) is 2.86. The van der Waals surface area contributed by atoms with Gasteiger partial charge in [0, 0.05) is 11.3 Å². The lowest BCUT2D eigenvalue weighted by Crippen LogP contribution is -2.15. The third-order valence-corrected chi connectivity index (χ3v) is 5.61. The van der Waals surface area contributed by atoms with Crippen molar-refractivity contribution in [3.05, 3.63) is 81.7 Å². The number of nitrogens with one attached hydrogen (secondary N) is 2. The number of carbonyl (C=O) groups is 3. The maximum Gasteiger partial charge on any atom is 0.341 e. The Bertz CT molecular complexity index is 1070.